The number of rotatable bonds is 2. The predicted molar refractivity (Wildman–Crippen MR) is 85.3 cm³/mol. The van der Waals surface area contributed by atoms with E-state index in [4.69, 9.17) is 0 Å². The van der Waals surface area contributed by atoms with Crippen LogP contribution in [0, 0.1) is 13.8 Å². The highest BCUT2D eigenvalue weighted by Crippen LogP contribution is 2.13. The molecule has 0 radical (unpaired) electrons. The largest absolute Gasteiger partial charge is 0.410 e. The molecule has 0 saturated heterocycles. The topological polar surface area (TPSA) is 58.4 Å². The molecule has 2 aromatic heterocycles. The lowest BCUT2D eigenvalue weighted by atomic mass is 10.0. The fraction of sp³-hybridized carbons (Fsp3) is 0.214. The molecule has 0 fully saturated rings. The minimum Gasteiger partial charge on any atom is -0.410 e. The van der Waals surface area contributed by atoms with Crippen molar-refractivity contribution in [2.75, 3.05) is 4.93 Å². The summed E-state index contributed by atoms with van der Waals surface area (Å²) in [5, 5.41) is 12.5. The molecule has 0 spiro atoms. The van der Waals surface area contributed by atoms with Crippen molar-refractivity contribution in [3.8, 4) is 0 Å². The number of oxime groups is 1. The first kappa shape index (κ1) is 15.6. The van der Waals surface area contributed by atoms with Crippen molar-refractivity contribution in [3.63, 3.8) is 0 Å². The third-order valence-corrected chi connectivity index (χ3v) is 2.57. The van der Waals surface area contributed by atoms with Crippen molar-refractivity contribution in [3.05, 3.63) is 59.2 Å². The van der Waals surface area contributed by atoms with E-state index in [9.17, 15) is 5.21 Å². The average Bonchev–Trinajstić information content (AvgIpc) is 2.46. The molecule has 0 amide bonds. The molecule has 2 aromatic rings. The number of hydrogen-bond acceptors (Lipinski definition) is 4. The first-order chi connectivity index (χ1) is 9.24. The van der Waals surface area contributed by atoms with Gasteiger partial charge in [0.1, 0.15) is 0 Å². The van der Waals surface area contributed by atoms with Crippen molar-refractivity contribution in [2.45, 2.75) is 13.8 Å². The van der Waals surface area contributed by atoms with Crippen molar-refractivity contribution in [1.82, 2.24) is 9.97 Å². The zero-order valence-electron chi connectivity index (χ0n) is 11.1. The Morgan fingerprint density at radius 2 is 1.42 bits per heavy atom. The van der Waals surface area contributed by atoms with E-state index in [1.54, 1.807) is 12.4 Å². The number of pyridine rings is 2. The van der Waals surface area contributed by atoms with Crippen LogP contribution in [0.1, 0.15) is 22.5 Å². The number of hydrogen-bond donors (Lipinski definition) is 1. The van der Waals surface area contributed by atoms with Crippen LogP contribution in [0.25, 0.3) is 0 Å². The lowest BCUT2D eigenvalue weighted by molar-refractivity contribution is 0.319. The highest BCUT2D eigenvalue weighted by atomic mass is 127. The number of nitrogens with zero attached hydrogens (tertiary/aromatic N) is 3. The van der Waals surface area contributed by atoms with E-state index in [1.807, 2.05) is 43.0 Å². The lowest BCUT2D eigenvalue weighted by Crippen LogP contribution is -2.11. The first-order valence-electron chi connectivity index (χ1n) is 5.68. The van der Waals surface area contributed by atoms with Gasteiger partial charge >= 0.3 is 0 Å². The highest BCUT2D eigenvalue weighted by Gasteiger charge is 2.14. The van der Waals surface area contributed by atoms with Gasteiger partial charge in [0.2, 0.25) is 0 Å². The predicted octanol–water partition coefficient (Wildman–Crippen LogP) is 3.37. The zero-order chi connectivity index (χ0) is 14.3. The van der Waals surface area contributed by atoms with Gasteiger partial charge in [-0.1, -0.05) is 39.9 Å². The van der Waals surface area contributed by atoms with E-state index in [0.29, 0.717) is 17.1 Å². The molecule has 5 heteroatoms. The SMILES string of the molecule is CI.Cc1cccnc1C(=NO)c1ncccc1C. The molecule has 19 heavy (non-hydrogen) atoms. The molecule has 0 aliphatic rings. The molecule has 0 aromatic carbocycles. The Hall–Kier alpha value is -1.50. The Kier molecular flexibility index (Phi) is 6.41. The lowest BCUT2D eigenvalue weighted by Gasteiger charge is -2.08. The summed E-state index contributed by atoms with van der Waals surface area (Å²) >= 11 is 2.15. The summed E-state index contributed by atoms with van der Waals surface area (Å²) in [5.41, 5.74) is 3.60. The number of alkyl halides is 1. The standard InChI is InChI=1S/C13H13N3O.CH3I/c1-9-5-3-7-14-11(9)13(16-17)12-10(2)6-4-8-15-12;1-2/h3-8,17H,1-2H3;1H3. The second-order valence-corrected chi connectivity index (χ2v) is 3.79. The van der Waals surface area contributed by atoms with Gasteiger partial charge < -0.3 is 5.21 Å². The summed E-state index contributed by atoms with van der Waals surface area (Å²) in [5.74, 6) is 0. The smallest absolute Gasteiger partial charge is 0.154 e. The summed E-state index contributed by atoms with van der Waals surface area (Å²) < 4.78 is 0. The van der Waals surface area contributed by atoms with Gasteiger partial charge in [-0.3, -0.25) is 9.97 Å². The van der Waals surface area contributed by atoms with Gasteiger partial charge in [-0.15, -0.1) is 0 Å². The summed E-state index contributed by atoms with van der Waals surface area (Å²) in [6.07, 6.45) is 3.34. The molecule has 0 atom stereocenters. The minimum absolute atomic E-state index is 0.404. The van der Waals surface area contributed by atoms with Gasteiger partial charge in [-0.2, -0.15) is 0 Å². The molecule has 100 valence electrons. The van der Waals surface area contributed by atoms with E-state index in [1.165, 1.54) is 0 Å². The number of aromatic nitrogens is 2. The van der Waals surface area contributed by atoms with Crippen LogP contribution in [0.3, 0.4) is 0 Å². The Balaban J connectivity index is 0.000000861. The Bertz CT molecular complexity index is 523. The molecule has 4 nitrogen and oxygen atoms in total. The molecule has 0 saturated carbocycles. The van der Waals surface area contributed by atoms with Crippen LogP contribution in [-0.2, 0) is 0 Å². The van der Waals surface area contributed by atoms with Gasteiger partial charge in [0, 0.05) is 12.4 Å². The normalized spacial score (nSPS) is 9.26. The summed E-state index contributed by atoms with van der Waals surface area (Å²) in [4.78, 5) is 10.4. The maximum absolute atomic E-state index is 9.19. The maximum atomic E-state index is 9.19. The van der Waals surface area contributed by atoms with Crippen LogP contribution < -0.4 is 0 Å². The van der Waals surface area contributed by atoms with Crippen molar-refractivity contribution >= 4 is 28.3 Å². The molecule has 0 aliphatic heterocycles. The van der Waals surface area contributed by atoms with Crippen LogP contribution in [0.15, 0.2) is 41.8 Å². The van der Waals surface area contributed by atoms with Crippen LogP contribution in [0.4, 0.5) is 0 Å². The Morgan fingerprint density at radius 3 is 1.74 bits per heavy atom. The Morgan fingerprint density at radius 1 is 1.00 bits per heavy atom. The van der Waals surface area contributed by atoms with Gasteiger partial charge in [0.25, 0.3) is 0 Å². The summed E-state index contributed by atoms with van der Waals surface area (Å²) in [7, 11) is 0. The maximum Gasteiger partial charge on any atom is 0.154 e. The quantitative estimate of drug-likeness (QED) is 0.290. The van der Waals surface area contributed by atoms with Crippen LogP contribution in [0.5, 0.6) is 0 Å². The van der Waals surface area contributed by atoms with E-state index in [2.05, 4.69) is 37.7 Å². The zero-order valence-corrected chi connectivity index (χ0v) is 13.3. The van der Waals surface area contributed by atoms with E-state index in [0.717, 1.165) is 11.1 Å². The minimum atomic E-state index is 0.404. The fourth-order valence-electron chi connectivity index (χ4n) is 1.67. The van der Waals surface area contributed by atoms with Crippen LogP contribution in [0.2, 0.25) is 0 Å². The molecular formula is C14H16IN3O. The van der Waals surface area contributed by atoms with Crippen LogP contribution in [-0.4, -0.2) is 25.8 Å². The summed E-state index contributed by atoms with van der Waals surface area (Å²) in [6, 6.07) is 7.54. The molecule has 2 rings (SSSR count). The van der Waals surface area contributed by atoms with Gasteiger partial charge in [0.05, 0.1) is 11.4 Å². The monoisotopic (exact) mass is 369 g/mol. The van der Waals surface area contributed by atoms with Gasteiger partial charge in [0.15, 0.2) is 5.71 Å². The molecular weight excluding hydrogens is 353 g/mol. The Labute approximate surface area is 126 Å². The second-order valence-electron chi connectivity index (χ2n) is 3.79. The molecule has 0 aliphatic carbocycles. The fourth-order valence-corrected chi connectivity index (χ4v) is 1.67. The van der Waals surface area contributed by atoms with Crippen molar-refractivity contribution in [2.24, 2.45) is 5.16 Å². The van der Waals surface area contributed by atoms with E-state index >= 15 is 0 Å². The average molecular weight is 369 g/mol. The molecule has 0 unspecified atom stereocenters. The van der Waals surface area contributed by atoms with Gasteiger partial charge in [-0.25, -0.2) is 0 Å². The van der Waals surface area contributed by atoms with E-state index < -0.39 is 0 Å². The number of halogens is 1. The summed E-state index contributed by atoms with van der Waals surface area (Å²) in [6.45, 7) is 3.84. The number of aryl methyl sites for hydroxylation is 2. The molecule has 2 heterocycles. The first-order valence-corrected chi connectivity index (χ1v) is 7.83. The second kappa shape index (κ2) is 7.83. The molecule has 1 N–H and O–H groups in total. The third-order valence-electron chi connectivity index (χ3n) is 2.57. The third kappa shape index (κ3) is 3.73. The van der Waals surface area contributed by atoms with Crippen molar-refractivity contribution in [1.29, 1.82) is 0 Å². The van der Waals surface area contributed by atoms with E-state index in [-0.39, 0.29) is 0 Å². The highest BCUT2D eigenvalue weighted by molar-refractivity contribution is 14.1. The van der Waals surface area contributed by atoms with Gasteiger partial charge in [-0.05, 0) is 42.0 Å². The van der Waals surface area contributed by atoms with Crippen molar-refractivity contribution < 1.29 is 5.21 Å². The van der Waals surface area contributed by atoms with Crippen LogP contribution >= 0.6 is 22.6 Å². The molecule has 0 bridgehead atoms.